The summed E-state index contributed by atoms with van der Waals surface area (Å²) in [6.07, 6.45) is -0.595. The van der Waals surface area contributed by atoms with Gasteiger partial charge in [-0.3, -0.25) is 19.2 Å². The van der Waals surface area contributed by atoms with Crippen LogP contribution in [-0.4, -0.2) is 112 Å². The molecule has 0 aliphatic carbocycles. The Morgan fingerprint density at radius 3 is 0.753 bits per heavy atom. The fraction of sp³-hybridized carbons (Fsp3) is 0.119. The van der Waals surface area contributed by atoms with Crippen LogP contribution in [0.25, 0.3) is 0 Å². The highest BCUT2D eigenvalue weighted by molar-refractivity contribution is 7.12. The molecule has 8 heterocycles. The number of ether oxygens (including phenoxy) is 2. The maximum atomic E-state index is 14.2. The maximum absolute atomic E-state index is 14.2. The molecule has 8 aliphatic heterocycles. The molecule has 30 heteroatoms. The summed E-state index contributed by atoms with van der Waals surface area (Å²) in [4.78, 5) is 55.1. The quantitative estimate of drug-likeness (QED) is 0.0976. The van der Waals surface area contributed by atoms with Crippen molar-refractivity contribution < 1.29 is 86.3 Å². The van der Waals surface area contributed by atoms with Gasteiger partial charge in [-0.25, -0.2) is 0 Å². The van der Waals surface area contributed by atoms with Gasteiger partial charge >= 0.3 is 112 Å². The molecule has 8 saturated heterocycles. The minimum Gasteiger partial charge on any atom is -0.393 e. The van der Waals surface area contributed by atoms with E-state index in [1.807, 2.05) is 243 Å². The van der Waals surface area contributed by atoms with Crippen LogP contribution in [0.1, 0.15) is 12.8 Å². The van der Waals surface area contributed by atoms with Gasteiger partial charge in [-0.05, 0) is 6.55 Å². The Kier molecular flexibility index (Phi) is 15.1. The van der Waals surface area contributed by atoms with E-state index in [-0.39, 0.29) is 24.9 Å². The van der Waals surface area contributed by atoms with Crippen LogP contribution in [0.3, 0.4) is 0 Å². The second-order valence-corrected chi connectivity index (χ2v) is 51.4. The molecule has 0 aromatic heterocycles. The van der Waals surface area contributed by atoms with Gasteiger partial charge in [0.15, 0.2) is 0 Å². The number of carbonyl (C=O) groups is 4. The largest absolute Gasteiger partial charge is 0.515 e. The smallest absolute Gasteiger partial charge is 0.393 e. The van der Waals surface area contributed by atoms with Crippen LogP contribution in [0.15, 0.2) is 243 Å². The van der Waals surface area contributed by atoms with Crippen molar-refractivity contribution in [3.05, 3.63) is 243 Å². The molecule has 6 atom stereocenters. The van der Waals surface area contributed by atoms with Gasteiger partial charge in [0.1, 0.15) is 0 Å². The average Bonchev–Trinajstić information content (AvgIpc) is 0.944. The Morgan fingerprint density at radius 1 is 0.303 bits per heavy atom. The summed E-state index contributed by atoms with van der Waals surface area (Å²) in [5, 5.41) is 2.76. The summed E-state index contributed by atoms with van der Waals surface area (Å²) in [7, 11) is -51.4. The first kappa shape index (κ1) is 59.0. The summed E-state index contributed by atoms with van der Waals surface area (Å²) in [6.45, 7) is 1.77. The number of fused-ring (bicyclic) bond motifs is 4. The van der Waals surface area contributed by atoms with Gasteiger partial charge in [-0.15, -0.1) is 0 Å². The van der Waals surface area contributed by atoms with Gasteiger partial charge in [-0.2, -0.15) is 0 Å². The van der Waals surface area contributed by atoms with E-state index in [2.05, 4.69) is 0 Å². The number of cyclic esters (lactones) is 4. The van der Waals surface area contributed by atoms with Gasteiger partial charge in [0.05, 0.1) is 24.7 Å². The van der Waals surface area contributed by atoms with Crippen LogP contribution in [0, 0.1) is 11.8 Å². The molecule has 8 aromatic rings. The van der Waals surface area contributed by atoms with E-state index in [0.29, 0.717) is 41.5 Å². The third kappa shape index (κ3) is 10.6. The van der Waals surface area contributed by atoms with Crippen LogP contribution >= 0.6 is 0 Å². The van der Waals surface area contributed by atoms with E-state index in [0.717, 1.165) is 0 Å². The molecule has 20 nitrogen and oxygen atoms in total. The lowest BCUT2D eigenvalue weighted by atomic mass is 10.1. The lowest BCUT2D eigenvalue weighted by Crippen LogP contribution is -2.92. The van der Waals surface area contributed by atoms with E-state index in [1.54, 1.807) is 6.55 Å². The predicted molar refractivity (Wildman–Crippen MR) is 337 cm³/mol. The van der Waals surface area contributed by atoms with E-state index < -0.39 is 124 Å². The van der Waals surface area contributed by atoms with Crippen molar-refractivity contribution in [2.45, 2.75) is 31.5 Å². The summed E-state index contributed by atoms with van der Waals surface area (Å²) in [5.74, 6) is -5.18. The highest BCUT2D eigenvalue weighted by Gasteiger charge is 2.83. The predicted octanol–water partition coefficient (Wildman–Crippen LogP) is 2.53. The van der Waals surface area contributed by atoms with Gasteiger partial charge in [0.2, 0.25) is 0 Å². The van der Waals surface area contributed by atoms with E-state index in [9.17, 15) is 19.2 Å². The summed E-state index contributed by atoms with van der Waals surface area (Å²) in [5.41, 5.74) is 0. The first-order valence-electron chi connectivity index (χ1n) is 28.9. The molecule has 0 radical (unpaired) electrons. The zero-order chi connectivity index (χ0) is 60.6. The van der Waals surface area contributed by atoms with Gasteiger partial charge in [0.25, 0.3) is 0 Å². The molecule has 0 saturated carbocycles. The van der Waals surface area contributed by atoms with Crippen molar-refractivity contribution in [2.75, 3.05) is 0 Å². The number of esters is 4. The number of benzene rings is 8. The minimum atomic E-state index is -5.43. The molecule has 0 N–H and O–H groups in total. The van der Waals surface area contributed by atoms with Crippen LogP contribution in [-0.2, 0) is 86.3 Å². The number of carbonyl (C=O) groups excluding carboxylic acids is 4. The molecular formula is C59H54O20Si10. The highest BCUT2D eigenvalue weighted by atomic mass is 28.6. The number of hydrogen-bond donors (Lipinski definition) is 0. The Balaban J connectivity index is 1.19. The van der Waals surface area contributed by atoms with Crippen molar-refractivity contribution in [1.29, 1.82) is 0 Å². The number of hydrogen-bond acceptors (Lipinski definition) is 20. The summed E-state index contributed by atoms with van der Waals surface area (Å²) in [6, 6.07) is 72.3. The SMILES string of the molecule is C[Si]1(CC2CC(=O)OC2=O)O[Si]2(c3ccccc3)O[Si]3(c4ccccc4)O[Si]4(c5ccccc5)O[SiH](CC5CC(=O)OC5=O)O[Si]5(c6ccccc6)O[Si](c6ccccc6)(O[Si](c6ccccc6)(O1)O[Si](c1ccccc1)(O5)O[Si](c1ccccc1)(O4)O2)O3. The molecule has 89 heavy (non-hydrogen) atoms. The molecule has 0 spiro atoms. The van der Waals surface area contributed by atoms with Gasteiger partial charge in [-0.1, -0.05) is 243 Å². The molecular weight excluding hydrogens is 1310 g/mol. The number of rotatable bonds is 12. The van der Waals surface area contributed by atoms with Gasteiger partial charge in [0, 0.05) is 53.6 Å². The van der Waals surface area contributed by atoms with E-state index >= 15 is 0 Å². The second-order valence-electron chi connectivity index (χ2n) is 22.2. The normalized spacial score (nSPS) is 35.0. The maximum Gasteiger partial charge on any atom is 0.515 e. The first-order valence-corrected chi connectivity index (χ1v) is 47.0. The molecule has 8 fully saturated rings. The van der Waals surface area contributed by atoms with E-state index in [4.69, 9.17) is 67.1 Å². The first-order chi connectivity index (χ1) is 43.2. The zero-order valence-corrected chi connectivity index (χ0v) is 57.5. The highest BCUT2D eigenvalue weighted by Crippen LogP contribution is 2.48. The minimum absolute atomic E-state index is 0.217. The molecule has 0 amide bonds. The van der Waals surface area contributed by atoms with Crippen LogP contribution in [0.5, 0.6) is 0 Å². The zero-order valence-electron chi connectivity index (χ0n) is 47.3. The van der Waals surface area contributed by atoms with Crippen molar-refractivity contribution in [1.82, 2.24) is 0 Å². The van der Waals surface area contributed by atoms with Crippen LogP contribution in [0.4, 0.5) is 0 Å². The molecule has 8 aromatic carbocycles. The lowest BCUT2D eigenvalue weighted by molar-refractivity contribution is -0.154. The molecule has 16 rings (SSSR count). The molecule has 8 aliphatic rings. The van der Waals surface area contributed by atoms with Crippen molar-refractivity contribution in [3.63, 3.8) is 0 Å². The third-order valence-corrected chi connectivity index (χ3v) is 58.2. The van der Waals surface area contributed by atoms with Crippen molar-refractivity contribution in [3.8, 4) is 0 Å². The van der Waals surface area contributed by atoms with Gasteiger partial charge < -0.3 is 67.1 Å². The fourth-order valence-electron chi connectivity index (χ4n) is 12.0. The molecule has 450 valence electrons. The Morgan fingerprint density at radius 2 is 0.517 bits per heavy atom. The summed E-state index contributed by atoms with van der Waals surface area (Å²) >= 11 is 0. The van der Waals surface area contributed by atoms with E-state index in [1.165, 1.54) is 0 Å². The Bertz CT molecular complexity index is 3640. The average molecular weight is 1360 g/mol. The van der Waals surface area contributed by atoms with Crippen molar-refractivity contribution >= 4 is 154 Å². The van der Waals surface area contributed by atoms with Crippen molar-refractivity contribution in [2.24, 2.45) is 11.8 Å². The van der Waals surface area contributed by atoms with Crippen LogP contribution in [0.2, 0.25) is 18.6 Å². The van der Waals surface area contributed by atoms with Crippen LogP contribution < -0.4 is 41.5 Å². The summed E-state index contributed by atoms with van der Waals surface area (Å²) < 4.78 is 127. The fourth-order valence-corrected chi connectivity index (χ4v) is 67.8. The molecule has 8 bridgehead atoms. The Labute approximate surface area is 522 Å². The second kappa shape index (κ2) is 22.8. The standard InChI is InChI=1S/C59H54O20Si10/c1-81(45-47-43-57(61)65-59(47)63)68-84(50-30-14-4-15-31-50)74-86(52-34-18-6-19-35-52)70-82(48-26-10-2-11-27-48)66-80(44-46-42-56(60)64-58(46)62)67-83(49-28-12-3-13-29-49)72-88(78-86,54-38-22-8-23-39-54)76-85(69-81,51-32-16-5-17-33-51)77-89(73-83,55-40-24-9-25-41-55)79-87(71-82,75-84)53-36-20-7-21-37-53/h2-41,46-47,80H,42-45H2,1H3. The topological polar surface area (TPSA) is 216 Å². The third-order valence-electron chi connectivity index (χ3n) is 16.0. The monoisotopic (exact) mass is 1360 g/mol. The lowest BCUT2D eigenvalue weighted by Gasteiger charge is -2.60. The Hall–Kier alpha value is -6.35. The molecule has 6 unspecified atom stereocenters.